The van der Waals surface area contributed by atoms with E-state index in [1.54, 1.807) is 0 Å². The van der Waals surface area contributed by atoms with E-state index in [4.69, 9.17) is 9.47 Å². The summed E-state index contributed by atoms with van der Waals surface area (Å²) in [6.45, 7) is 3.57. The molecule has 3 N–H and O–H groups in total. The van der Waals surface area contributed by atoms with Gasteiger partial charge in [-0.1, -0.05) is 60.7 Å². The number of carbonyl (C=O) groups excluding carboxylic acids is 1. The summed E-state index contributed by atoms with van der Waals surface area (Å²) in [6, 6.07) is 23.7. The Hall–Kier alpha value is -3.72. The number of nitrogens with zero attached hydrogens (tertiary/aromatic N) is 2. The van der Waals surface area contributed by atoms with Gasteiger partial charge < -0.3 is 29.8 Å². The van der Waals surface area contributed by atoms with E-state index in [-0.39, 0.29) is 24.8 Å². The number of para-hydroxylation sites is 2. The number of hydrogen-bond donors (Lipinski definition) is 3. The van der Waals surface area contributed by atoms with Crippen LogP contribution in [0.25, 0.3) is 11.0 Å². The molecule has 1 unspecified atom stereocenters. The van der Waals surface area contributed by atoms with Crippen molar-refractivity contribution >= 4 is 17.1 Å². The number of urea groups is 1. The van der Waals surface area contributed by atoms with Crippen molar-refractivity contribution in [2.24, 2.45) is 0 Å². The molecule has 1 aromatic heterocycles. The van der Waals surface area contributed by atoms with Crippen LogP contribution in [0.4, 0.5) is 4.79 Å². The van der Waals surface area contributed by atoms with Crippen molar-refractivity contribution in [1.29, 1.82) is 0 Å². The predicted octanol–water partition coefficient (Wildman–Crippen LogP) is 4.59. The number of rotatable bonds is 8. The molecule has 8 nitrogen and oxygen atoms in total. The first-order valence-corrected chi connectivity index (χ1v) is 12.6. The second-order valence-electron chi connectivity index (χ2n) is 9.19. The Morgan fingerprint density at radius 1 is 0.973 bits per heavy atom. The number of aliphatic hydroxyl groups excluding tert-OH is 1. The van der Waals surface area contributed by atoms with Gasteiger partial charge in [0, 0.05) is 25.1 Å². The Morgan fingerprint density at radius 2 is 1.70 bits per heavy atom. The van der Waals surface area contributed by atoms with Crippen LogP contribution < -0.4 is 10.6 Å². The first-order chi connectivity index (χ1) is 18.1. The lowest BCUT2D eigenvalue weighted by Crippen LogP contribution is -2.34. The zero-order valence-corrected chi connectivity index (χ0v) is 20.8. The van der Waals surface area contributed by atoms with Crippen LogP contribution >= 0.6 is 0 Å². The Bertz CT molecular complexity index is 1320. The van der Waals surface area contributed by atoms with Crippen molar-refractivity contribution in [3.8, 4) is 0 Å². The van der Waals surface area contributed by atoms with Gasteiger partial charge in [-0.3, -0.25) is 0 Å². The van der Waals surface area contributed by atoms with Crippen molar-refractivity contribution in [1.82, 2.24) is 20.2 Å². The quantitative estimate of drug-likeness (QED) is 0.329. The lowest BCUT2D eigenvalue weighted by molar-refractivity contribution is -0.252. The van der Waals surface area contributed by atoms with Gasteiger partial charge in [-0.2, -0.15) is 0 Å². The largest absolute Gasteiger partial charge is 0.392 e. The number of benzene rings is 3. The second kappa shape index (κ2) is 11.6. The van der Waals surface area contributed by atoms with Crippen molar-refractivity contribution < 1.29 is 19.4 Å². The topological polar surface area (TPSA) is 97.6 Å². The number of carbonyl (C=O) groups is 1. The Labute approximate surface area is 216 Å². The standard InChI is InChI=1S/C29H32N4O4/c1-2-30-29(35)31-16-20-7-13-23(14-8-20)28-36-24(17-33-19-32-25-5-3-4-6-26(25)33)15-27(37-28)22-11-9-21(18-34)10-12-22/h3-14,19,24,27-28,34H,2,15-18H2,1H3,(H2,30,31,35)/t24-,27+,28?/m0/s1. The summed E-state index contributed by atoms with van der Waals surface area (Å²) in [7, 11) is 0. The third-order valence-electron chi connectivity index (χ3n) is 6.58. The van der Waals surface area contributed by atoms with Crippen LogP contribution in [0.5, 0.6) is 0 Å². The first-order valence-electron chi connectivity index (χ1n) is 12.6. The Kier molecular flexibility index (Phi) is 7.79. The van der Waals surface area contributed by atoms with E-state index in [2.05, 4.69) is 26.3 Å². The molecule has 192 valence electrons. The third-order valence-corrected chi connectivity index (χ3v) is 6.58. The number of aliphatic hydroxyl groups is 1. The zero-order chi connectivity index (χ0) is 25.6. The van der Waals surface area contributed by atoms with Gasteiger partial charge in [0.2, 0.25) is 0 Å². The van der Waals surface area contributed by atoms with Gasteiger partial charge in [0.05, 0.1) is 42.7 Å². The summed E-state index contributed by atoms with van der Waals surface area (Å²) < 4.78 is 15.0. The van der Waals surface area contributed by atoms with Crippen LogP contribution in [0.3, 0.4) is 0 Å². The molecule has 2 heterocycles. The summed E-state index contributed by atoms with van der Waals surface area (Å²) in [5.41, 5.74) is 5.85. The minimum absolute atomic E-state index is 0.00911. The number of amides is 2. The highest BCUT2D eigenvalue weighted by Crippen LogP contribution is 2.38. The average molecular weight is 501 g/mol. The molecule has 3 atom stereocenters. The number of nitrogens with one attached hydrogen (secondary N) is 2. The number of fused-ring (bicyclic) bond motifs is 1. The van der Waals surface area contributed by atoms with E-state index in [1.165, 1.54) is 0 Å². The fraction of sp³-hybridized carbons (Fsp3) is 0.310. The van der Waals surface area contributed by atoms with Crippen molar-refractivity contribution in [3.63, 3.8) is 0 Å². The fourth-order valence-electron chi connectivity index (χ4n) is 4.61. The minimum atomic E-state index is -0.540. The molecule has 1 aliphatic rings. The molecule has 1 saturated heterocycles. The lowest BCUT2D eigenvalue weighted by atomic mass is 10.00. The highest BCUT2D eigenvalue weighted by molar-refractivity contribution is 5.75. The summed E-state index contributed by atoms with van der Waals surface area (Å²) in [4.78, 5) is 16.2. The number of hydrogen-bond acceptors (Lipinski definition) is 5. The van der Waals surface area contributed by atoms with Gasteiger partial charge in [0.15, 0.2) is 6.29 Å². The van der Waals surface area contributed by atoms with Crippen molar-refractivity contribution in [3.05, 3.63) is 101 Å². The van der Waals surface area contributed by atoms with Crippen LogP contribution in [0.1, 0.15) is 48.0 Å². The van der Waals surface area contributed by atoms with Crippen LogP contribution in [-0.4, -0.2) is 33.3 Å². The fourth-order valence-corrected chi connectivity index (χ4v) is 4.61. The van der Waals surface area contributed by atoms with Crippen molar-refractivity contribution in [2.75, 3.05) is 6.54 Å². The molecule has 0 saturated carbocycles. The van der Waals surface area contributed by atoms with Crippen LogP contribution in [0.15, 0.2) is 79.1 Å². The van der Waals surface area contributed by atoms with E-state index in [9.17, 15) is 9.90 Å². The van der Waals surface area contributed by atoms with Gasteiger partial charge in [-0.15, -0.1) is 0 Å². The highest BCUT2D eigenvalue weighted by Gasteiger charge is 2.32. The van der Waals surface area contributed by atoms with Crippen molar-refractivity contribution in [2.45, 2.75) is 51.5 Å². The predicted molar refractivity (Wildman–Crippen MR) is 141 cm³/mol. The highest BCUT2D eigenvalue weighted by atomic mass is 16.7. The molecule has 0 aliphatic carbocycles. The van der Waals surface area contributed by atoms with Crippen LogP contribution in [0.2, 0.25) is 0 Å². The molecule has 3 aromatic carbocycles. The van der Waals surface area contributed by atoms with Gasteiger partial charge in [-0.25, -0.2) is 9.78 Å². The molecule has 37 heavy (non-hydrogen) atoms. The van der Waals surface area contributed by atoms with Gasteiger partial charge in [0.25, 0.3) is 0 Å². The number of aromatic nitrogens is 2. The monoisotopic (exact) mass is 500 g/mol. The van der Waals surface area contributed by atoms with Gasteiger partial charge >= 0.3 is 6.03 Å². The van der Waals surface area contributed by atoms with E-state index < -0.39 is 6.29 Å². The molecule has 1 fully saturated rings. The average Bonchev–Trinajstić information content (AvgIpc) is 3.35. The lowest BCUT2D eigenvalue weighted by Gasteiger charge is -2.36. The number of imidazole rings is 1. The van der Waals surface area contributed by atoms with Crippen LogP contribution in [-0.2, 0) is 29.2 Å². The second-order valence-corrected chi connectivity index (χ2v) is 9.19. The Morgan fingerprint density at radius 3 is 2.46 bits per heavy atom. The zero-order valence-electron chi connectivity index (χ0n) is 20.8. The van der Waals surface area contributed by atoms with E-state index in [0.29, 0.717) is 26.1 Å². The molecule has 8 heteroatoms. The molecule has 4 aromatic rings. The van der Waals surface area contributed by atoms with E-state index >= 15 is 0 Å². The summed E-state index contributed by atoms with van der Waals surface area (Å²) in [5, 5.41) is 15.0. The summed E-state index contributed by atoms with van der Waals surface area (Å²) >= 11 is 0. The van der Waals surface area contributed by atoms with E-state index in [0.717, 1.165) is 33.3 Å². The smallest absolute Gasteiger partial charge is 0.315 e. The van der Waals surface area contributed by atoms with Gasteiger partial charge in [0.1, 0.15) is 0 Å². The first kappa shape index (κ1) is 25.0. The molecule has 5 rings (SSSR count). The maximum absolute atomic E-state index is 11.7. The molecule has 1 aliphatic heterocycles. The molecular weight excluding hydrogens is 468 g/mol. The van der Waals surface area contributed by atoms with Gasteiger partial charge in [-0.05, 0) is 35.7 Å². The SMILES string of the molecule is CCNC(=O)NCc1ccc(C2O[C@H](Cn3cnc4ccccc43)C[C@H](c3ccc(CO)cc3)O2)cc1. The number of ether oxygens (including phenoxy) is 2. The summed E-state index contributed by atoms with van der Waals surface area (Å²) in [6.07, 6.45) is 1.75. The molecule has 0 spiro atoms. The normalized spacial score (nSPS) is 19.6. The molecular formula is C29H32N4O4. The summed E-state index contributed by atoms with van der Waals surface area (Å²) in [5.74, 6) is 0. The Balaban J connectivity index is 1.35. The van der Waals surface area contributed by atoms with E-state index in [1.807, 2.05) is 80.0 Å². The maximum atomic E-state index is 11.7. The third kappa shape index (κ3) is 5.99. The molecule has 0 bridgehead atoms. The minimum Gasteiger partial charge on any atom is -0.392 e. The molecule has 2 amide bonds. The maximum Gasteiger partial charge on any atom is 0.315 e. The van der Waals surface area contributed by atoms with Crippen LogP contribution in [0, 0.1) is 0 Å². The molecule has 0 radical (unpaired) electrons.